The molecule has 3 aromatic rings. The lowest BCUT2D eigenvalue weighted by Crippen LogP contribution is -2.11. The summed E-state index contributed by atoms with van der Waals surface area (Å²) in [5.74, 6) is -1.76. The van der Waals surface area contributed by atoms with Crippen LogP contribution in [0.4, 0.5) is 13.9 Å². The normalized spacial score (nSPS) is 11.0. The molecule has 0 bridgehead atoms. The number of carbonyl (C=O) groups is 1. The average molecular weight is 325 g/mol. The van der Waals surface area contributed by atoms with Gasteiger partial charge >= 0.3 is 0 Å². The van der Waals surface area contributed by atoms with Gasteiger partial charge < -0.3 is 0 Å². The minimum Gasteiger partial charge on any atom is -0.297 e. The van der Waals surface area contributed by atoms with Gasteiger partial charge in [0.25, 0.3) is 5.91 Å². The SMILES string of the molecule is Cc1nc(C)c(C(=O)Nc2nc3c(F)cc(F)cc3s2)s1. The van der Waals surface area contributed by atoms with Gasteiger partial charge in [0.2, 0.25) is 0 Å². The molecule has 0 fully saturated rings. The Hall–Kier alpha value is -1.93. The zero-order valence-electron chi connectivity index (χ0n) is 11.0. The molecule has 1 amide bonds. The highest BCUT2D eigenvalue weighted by Gasteiger charge is 2.17. The topological polar surface area (TPSA) is 54.9 Å². The van der Waals surface area contributed by atoms with Gasteiger partial charge in [-0.25, -0.2) is 18.7 Å². The molecule has 108 valence electrons. The lowest BCUT2D eigenvalue weighted by atomic mass is 10.3. The summed E-state index contributed by atoms with van der Waals surface area (Å²) >= 11 is 2.30. The van der Waals surface area contributed by atoms with Crippen LogP contribution in [0, 0.1) is 25.5 Å². The summed E-state index contributed by atoms with van der Waals surface area (Å²) < 4.78 is 27.1. The second kappa shape index (κ2) is 5.12. The van der Waals surface area contributed by atoms with Gasteiger partial charge in [0.1, 0.15) is 16.2 Å². The van der Waals surface area contributed by atoms with Gasteiger partial charge in [0.05, 0.1) is 15.4 Å². The minimum absolute atomic E-state index is 0.0499. The van der Waals surface area contributed by atoms with Gasteiger partial charge in [-0.05, 0) is 19.9 Å². The van der Waals surface area contributed by atoms with Gasteiger partial charge in [0.15, 0.2) is 10.9 Å². The summed E-state index contributed by atoms with van der Waals surface area (Å²) in [6.45, 7) is 3.55. The first-order valence-corrected chi connectivity index (χ1v) is 7.58. The molecule has 0 atom stereocenters. The number of amides is 1. The van der Waals surface area contributed by atoms with Crippen molar-refractivity contribution in [2.75, 3.05) is 5.32 Å². The van der Waals surface area contributed by atoms with Crippen molar-refractivity contribution in [2.45, 2.75) is 13.8 Å². The van der Waals surface area contributed by atoms with Gasteiger partial charge in [-0.15, -0.1) is 11.3 Å². The molecule has 0 spiro atoms. The summed E-state index contributed by atoms with van der Waals surface area (Å²) in [7, 11) is 0. The number of hydrogen-bond acceptors (Lipinski definition) is 5. The quantitative estimate of drug-likeness (QED) is 0.777. The van der Waals surface area contributed by atoms with E-state index in [9.17, 15) is 13.6 Å². The van der Waals surface area contributed by atoms with Gasteiger partial charge in [-0.3, -0.25) is 10.1 Å². The van der Waals surface area contributed by atoms with Crippen LogP contribution in [0.2, 0.25) is 0 Å². The van der Waals surface area contributed by atoms with E-state index in [4.69, 9.17) is 0 Å². The molecule has 8 heteroatoms. The minimum atomic E-state index is -0.744. The number of aromatic nitrogens is 2. The molecule has 4 nitrogen and oxygen atoms in total. The number of hydrogen-bond donors (Lipinski definition) is 1. The summed E-state index contributed by atoms with van der Waals surface area (Å²) in [6.07, 6.45) is 0. The van der Waals surface area contributed by atoms with Crippen molar-refractivity contribution in [2.24, 2.45) is 0 Å². The predicted molar refractivity (Wildman–Crippen MR) is 79.1 cm³/mol. The largest absolute Gasteiger partial charge is 0.297 e. The van der Waals surface area contributed by atoms with Crippen molar-refractivity contribution < 1.29 is 13.6 Å². The standard InChI is InChI=1S/C13H9F2N3OS2/c1-5-11(20-6(2)16-5)12(19)18-13-17-10-8(15)3-7(14)4-9(10)21-13/h3-4H,1-2H3,(H,17,18,19). The summed E-state index contributed by atoms with van der Waals surface area (Å²) in [4.78, 5) is 20.8. The molecule has 2 aromatic heterocycles. The number of rotatable bonds is 2. The Morgan fingerprint density at radius 1 is 1.19 bits per heavy atom. The highest BCUT2D eigenvalue weighted by Crippen LogP contribution is 2.29. The number of aryl methyl sites for hydroxylation is 2. The molecule has 3 rings (SSSR count). The molecule has 0 saturated carbocycles. The van der Waals surface area contributed by atoms with Crippen molar-refractivity contribution in [1.29, 1.82) is 0 Å². The Balaban J connectivity index is 1.93. The third-order valence-electron chi connectivity index (χ3n) is 2.74. The average Bonchev–Trinajstić information content (AvgIpc) is 2.92. The van der Waals surface area contributed by atoms with Crippen LogP contribution in [-0.2, 0) is 0 Å². The molecule has 1 aromatic carbocycles. The van der Waals surface area contributed by atoms with E-state index in [1.54, 1.807) is 6.92 Å². The van der Waals surface area contributed by atoms with Crippen molar-refractivity contribution in [3.8, 4) is 0 Å². The number of carbonyl (C=O) groups excluding carboxylic acids is 1. The number of nitrogens with zero attached hydrogens (tertiary/aromatic N) is 2. The summed E-state index contributed by atoms with van der Waals surface area (Å²) in [5.41, 5.74) is 0.683. The molecular weight excluding hydrogens is 316 g/mol. The van der Waals surface area contributed by atoms with Crippen molar-refractivity contribution in [3.05, 3.63) is 39.3 Å². The maximum Gasteiger partial charge on any atom is 0.269 e. The van der Waals surface area contributed by atoms with E-state index >= 15 is 0 Å². The smallest absolute Gasteiger partial charge is 0.269 e. The second-order valence-corrected chi connectivity index (χ2v) is 6.59. The number of fused-ring (bicyclic) bond motifs is 1. The Morgan fingerprint density at radius 3 is 2.62 bits per heavy atom. The lowest BCUT2D eigenvalue weighted by molar-refractivity contribution is 0.103. The number of halogens is 2. The fraction of sp³-hybridized carbons (Fsp3) is 0.154. The predicted octanol–water partition coefficient (Wildman–Crippen LogP) is 3.90. The van der Waals surface area contributed by atoms with E-state index in [0.717, 1.165) is 22.4 Å². The summed E-state index contributed by atoms with van der Waals surface area (Å²) in [6, 6.07) is 1.96. The van der Waals surface area contributed by atoms with Gasteiger partial charge in [-0.2, -0.15) is 0 Å². The van der Waals surface area contributed by atoms with Crippen LogP contribution >= 0.6 is 22.7 Å². The number of anilines is 1. The third-order valence-corrected chi connectivity index (χ3v) is 4.73. The van der Waals surface area contributed by atoms with E-state index in [1.165, 1.54) is 17.4 Å². The Labute approximate surface area is 126 Å². The van der Waals surface area contributed by atoms with Gasteiger partial charge in [0, 0.05) is 6.07 Å². The van der Waals surface area contributed by atoms with Crippen LogP contribution in [-0.4, -0.2) is 15.9 Å². The second-order valence-electron chi connectivity index (χ2n) is 4.35. The number of thiazole rings is 2. The molecule has 0 radical (unpaired) electrons. The zero-order valence-corrected chi connectivity index (χ0v) is 12.7. The van der Waals surface area contributed by atoms with E-state index in [2.05, 4.69) is 15.3 Å². The fourth-order valence-electron chi connectivity index (χ4n) is 1.91. The molecule has 0 aliphatic heterocycles. The van der Waals surface area contributed by atoms with Crippen LogP contribution in [0.3, 0.4) is 0 Å². The summed E-state index contributed by atoms with van der Waals surface area (Å²) in [5, 5.41) is 3.61. The van der Waals surface area contributed by atoms with Gasteiger partial charge in [-0.1, -0.05) is 11.3 Å². The Kier molecular flexibility index (Phi) is 3.42. The van der Waals surface area contributed by atoms with E-state index in [-0.39, 0.29) is 16.6 Å². The zero-order chi connectivity index (χ0) is 15.1. The molecule has 2 heterocycles. The first-order valence-electron chi connectivity index (χ1n) is 5.95. The van der Waals surface area contributed by atoms with E-state index < -0.39 is 11.6 Å². The van der Waals surface area contributed by atoms with E-state index in [1.807, 2.05) is 6.92 Å². The highest BCUT2D eigenvalue weighted by atomic mass is 32.1. The van der Waals surface area contributed by atoms with Crippen LogP contribution in [0.1, 0.15) is 20.4 Å². The van der Waals surface area contributed by atoms with Crippen LogP contribution < -0.4 is 5.32 Å². The van der Waals surface area contributed by atoms with Crippen LogP contribution in [0.15, 0.2) is 12.1 Å². The Morgan fingerprint density at radius 2 is 1.95 bits per heavy atom. The van der Waals surface area contributed by atoms with Crippen LogP contribution in [0.25, 0.3) is 10.2 Å². The molecule has 0 unspecified atom stereocenters. The monoisotopic (exact) mass is 325 g/mol. The lowest BCUT2D eigenvalue weighted by Gasteiger charge is -1.98. The number of benzene rings is 1. The first kappa shape index (κ1) is 14.0. The molecule has 1 N–H and O–H groups in total. The van der Waals surface area contributed by atoms with Crippen LogP contribution in [0.5, 0.6) is 0 Å². The molecule has 0 aliphatic rings. The molecule has 0 aliphatic carbocycles. The maximum atomic E-state index is 13.6. The number of nitrogens with one attached hydrogen (secondary N) is 1. The van der Waals surface area contributed by atoms with Crippen molar-refractivity contribution in [1.82, 2.24) is 9.97 Å². The fourth-order valence-corrected chi connectivity index (χ4v) is 3.62. The molecule has 0 saturated heterocycles. The highest BCUT2D eigenvalue weighted by molar-refractivity contribution is 7.22. The van der Waals surface area contributed by atoms with Crippen molar-refractivity contribution in [3.63, 3.8) is 0 Å². The molecular formula is C13H9F2N3OS2. The third kappa shape index (κ3) is 2.64. The Bertz CT molecular complexity index is 857. The van der Waals surface area contributed by atoms with E-state index in [0.29, 0.717) is 15.3 Å². The molecule has 21 heavy (non-hydrogen) atoms. The van der Waals surface area contributed by atoms with Crippen molar-refractivity contribution >= 4 is 43.9 Å². The maximum absolute atomic E-state index is 13.6. The first-order chi connectivity index (χ1) is 9.94.